The molecule has 5 heteroatoms. The number of nitrogens with two attached hydrogens (primary N) is 1. The largest absolute Gasteiger partial charge is 0.495 e. The molecule has 19 heavy (non-hydrogen) atoms. The molecule has 0 spiro atoms. The topological polar surface area (TPSA) is 64.3 Å². The second kappa shape index (κ2) is 6.39. The second-order valence-electron chi connectivity index (χ2n) is 4.95. The van der Waals surface area contributed by atoms with Gasteiger partial charge in [-0.1, -0.05) is 15.9 Å². The number of carbonyl (C=O) groups is 1. The average molecular weight is 327 g/mol. The number of anilines is 1. The summed E-state index contributed by atoms with van der Waals surface area (Å²) < 4.78 is 6.16. The molecule has 1 aromatic rings. The Hall–Kier alpha value is -1.07. The van der Waals surface area contributed by atoms with Crippen molar-refractivity contribution >= 4 is 27.5 Å². The number of rotatable bonds is 3. The van der Waals surface area contributed by atoms with Gasteiger partial charge in [-0.25, -0.2) is 0 Å². The summed E-state index contributed by atoms with van der Waals surface area (Å²) in [5, 5.41) is 2.95. The molecule has 1 aromatic carbocycles. The van der Waals surface area contributed by atoms with Crippen molar-refractivity contribution in [2.45, 2.75) is 31.7 Å². The van der Waals surface area contributed by atoms with Gasteiger partial charge in [-0.05, 0) is 43.9 Å². The SMILES string of the molecule is COc1ccc(Br)cc1NC(=O)C1CCC(N)CC1. The highest BCUT2D eigenvalue weighted by molar-refractivity contribution is 9.10. The van der Waals surface area contributed by atoms with E-state index in [2.05, 4.69) is 21.2 Å². The number of halogens is 1. The van der Waals surface area contributed by atoms with Crippen molar-refractivity contribution in [1.82, 2.24) is 0 Å². The maximum absolute atomic E-state index is 12.2. The molecule has 3 N–H and O–H groups in total. The lowest BCUT2D eigenvalue weighted by Gasteiger charge is -2.25. The van der Waals surface area contributed by atoms with Gasteiger partial charge >= 0.3 is 0 Å². The molecule has 1 amide bonds. The standard InChI is InChI=1S/C14H19BrN2O2/c1-19-13-7-4-10(15)8-12(13)17-14(18)9-2-5-11(16)6-3-9/h4,7-9,11H,2-3,5-6,16H2,1H3,(H,17,18). The van der Waals surface area contributed by atoms with Gasteiger partial charge in [0.2, 0.25) is 5.91 Å². The van der Waals surface area contributed by atoms with Crippen LogP contribution in [-0.2, 0) is 4.79 Å². The predicted octanol–water partition coefficient (Wildman–Crippen LogP) is 2.91. The molecule has 0 saturated heterocycles. The van der Waals surface area contributed by atoms with Crippen molar-refractivity contribution in [2.24, 2.45) is 11.7 Å². The van der Waals surface area contributed by atoms with E-state index >= 15 is 0 Å². The highest BCUT2D eigenvalue weighted by atomic mass is 79.9. The van der Waals surface area contributed by atoms with Crippen LogP contribution in [-0.4, -0.2) is 19.1 Å². The summed E-state index contributed by atoms with van der Waals surface area (Å²) in [5.41, 5.74) is 6.56. The zero-order valence-electron chi connectivity index (χ0n) is 11.0. The number of hydrogen-bond acceptors (Lipinski definition) is 3. The molecule has 1 aliphatic carbocycles. The Bertz CT molecular complexity index is 457. The van der Waals surface area contributed by atoms with Gasteiger partial charge in [0.15, 0.2) is 0 Å². The fraction of sp³-hybridized carbons (Fsp3) is 0.500. The van der Waals surface area contributed by atoms with E-state index in [-0.39, 0.29) is 17.9 Å². The molecule has 0 atom stereocenters. The summed E-state index contributed by atoms with van der Waals surface area (Å²) in [5.74, 6) is 0.788. The van der Waals surface area contributed by atoms with Crippen molar-refractivity contribution in [3.63, 3.8) is 0 Å². The normalized spacial score (nSPS) is 22.9. The molecule has 2 rings (SSSR count). The van der Waals surface area contributed by atoms with Crippen LogP contribution < -0.4 is 15.8 Å². The molecule has 0 aliphatic heterocycles. The summed E-state index contributed by atoms with van der Waals surface area (Å²) in [6.07, 6.45) is 3.58. The van der Waals surface area contributed by atoms with Crippen molar-refractivity contribution < 1.29 is 9.53 Å². The van der Waals surface area contributed by atoms with Gasteiger partial charge in [-0.15, -0.1) is 0 Å². The summed E-state index contributed by atoms with van der Waals surface area (Å²) in [7, 11) is 1.60. The zero-order chi connectivity index (χ0) is 13.8. The van der Waals surface area contributed by atoms with E-state index in [1.165, 1.54) is 0 Å². The smallest absolute Gasteiger partial charge is 0.227 e. The minimum Gasteiger partial charge on any atom is -0.495 e. The second-order valence-corrected chi connectivity index (χ2v) is 5.86. The lowest BCUT2D eigenvalue weighted by atomic mass is 9.86. The number of carbonyl (C=O) groups excluding carboxylic acids is 1. The number of benzene rings is 1. The molecule has 0 unspecified atom stereocenters. The third-order valence-corrected chi connectivity index (χ3v) is 4.06. The minimum absolute atomic E-state index is 0.0586. The molecule has 0 bridgehead atoms. The molecular weight excluding hydrogens is 308 g/mol. The van der Waals surface area contributed by atoms with E-state index in [0.29, 0.717) is 11.4 Å². The van der Waals surface area contributed by atoms with Crippen LogP contribution in [0, 0.1) is 5.92 Å². The van der Waals surface area contributed by atoms with E-state index in [4.69, 9.17) is 10.5 Å². The number of ether oxygens (including phenoxy) is 1. The van der Waals surface area contributed by atoms with Gasteiger partial charge in [0.25, 0.3) is 0 Å². The van der Waals surface area contributed by atoms with Gasteiger partial charge in [0.1, 0.15) is 5.75 Å². The first-order valence-electron chi connectivity index (χ1n) is 6.50. The van der Waals surface area contributed by atoms with E-state index in [9.17, 15) is 4.79 Å². The molecule has 1 saturated carbocycles. The number of nitrogens with one attached hydrogen (secondary N) is 1. The third-order valence-electron chi connectivity index (χ3n) is 3.56. The van der Waals surface area contributed by atoms with E-state index < -0.39 is 0 Å². The van der Waals surface area contributed by atoms with Gasteiger partial charge < -0.3 is 15.8 Å². The minimum atomic E-state index is 0.0586. The monoisotopic (exact) mass is 326 g/mol. The van der Waals surface area contributed by atoms with Crippen LogP contribution in [0.4, 0.5) is 5.69 Å². The Kier molecular flexibility index (Phi) is 4.82. The maximum Gasteiger partial charge on any atom is 0.227 e. The maximum atomic E-state index is 12.2. The summed E-state index contributed by atoms with van der Waals surface area (Å²) in [6, 6.07) is 5.82. The van der Waals surface area contributed by atoms with Crippen molar-refractivity contribution in [1.29, 1.82) is 0 Å². The molecule has 4 nitrogen and oxygen atoms in total. The van der Waals surface area contributed by atoms with E-state index in [1.54, 1.807) is 7.11 Å². The molecule has 1 aliphatic rings. The van der Waals surface area contributed by atoms with Gasteiger partial charge in [0, 0.05) is 16.4 Å². The lowest BCUT2D eigenvalue weighted by molar-refractivity contribution is -0.120. The highest BCUT2D eigenvalue weighted by Gasteiger charge is 2.25. The van der Waals surface area contributed by atoms with Crippen molar-refractivity contribution in [2.75, 3.05) is 12.4 Å². The molecule has 0 radical (unpaired) electrons. The fourth-order valence-electron chi connectivity index (χ4n) is 2.39. The molecule has 1 fully saturated rings. The van der Waals surface area contributed by atoms with Gasteiger partial charge in [-0.3, -0.25) is 4.79 Å². The summed E-state index contributed by atoms with van der Waals surface area (Å²) in [4.78, 5) is 12.2. The van der Waals surface area contributed by atoms with E-state index in [0.717, 1.165) is 30.2 Å². The van der Waals surface area contributed by atoms with E-state index in [1.807, 2.05) is 18.2 Å². The van der Waals surface area contributed by atoms with Crippen LogP contribution >= 0.6 is 15.9 Å². The van der Waals surface area contributed by atoms with Crippen LogP contribution in [0.1, 0.15) is 25.7 Å². The summed E-state index contributed by atoms with van der Waals surface area (Å²) in [6.45, 7) is 0. The van der Waals surface area contributed by atoms with Crippen LogP contribution in [0.25, 0.3) is 0 Å². The molecular formula is C14H19BrN2O2. The number of amides is 1. The molecule has 104 valence electrons. The average Bonchev–Trinajstić information content (AvgIpc) is 2.39. The Labute approximate surface area is 121 Å². The predicted molar refractivity (Wildman–Crippen MR) is 79.3 cm³/mol. The first-order chi connectivity index (χ1) is 9.10. The van der Waals surface area contributed by atoms with Gasteiger partial charge in [-0.2, -0.15) is 0 Å². The van der Waals surface area contributed by atoms with Crippen molar-refractivity contribution in [3.8, 4) is 5.75 Å². The fourth-order valence-corrected chi connectivity index (χ4v) is 2.76. The first kappa shape index (κ1) is 14.3. The Morgan fingerprint density at radius 1 is 1.37 bits per heavy atom. The number of methoxy groups -OCH3 is 1. The lowest BCUT2D eigenvalue weighted by Crippen LogP contribution is -2.32. The molecule has 0 heterocycles. The Morgan fingerprint density at radius 2 is 2.05 bits per heavy atom. The first-order valence-corrected chi connectivity index (χ1v) is 7.29. The summed E-state index contributed by atoms with van der Waals surface area (Å²) >= 11 is 3.40. The van der Waals surface area contributed by atoms with Crippen LogP contribution in [0.5, 0.6) is 5.75 Å². The third kappa shape index (κ3) is 3.70. The number of hydrogen-bond donors (Lipinski definition) is 2. The quantitative estimate of drug-likeness (QED) is 0.897. The van der Waals surface area contributed by atoms with Crippen LogP contribution in [0.15, 0.2) is 22.7 Å². The van der Waals surface area contributed by atoms with Crippen LogP contribution in [0.3, 0.4) is 0 Å². The molecule has 0 aromatic heterocycles. The van der Waals surface area contributed by atoms with Gasteiger partial charge in [0.05, 0.1) is 12.8 Å². The Balaban J connectivity index is 2.04. The van der Waals surface area contributed by atoms with Crippen molar-refractivity contribution in [3.05, 3.63) is 22.7 Å². The van der Waals surface area contributed by atoms with Crippen LogP contribution in [0.2, 0.25) is 0 Å². The Morgan fingerprint density at radius 3 is 2.68 bits per heavy atom. The zero-order valence-corrected chi connectivity index (χ0v) is 12.6. The highest BCUT2D eigenvalue weighted by Crippen LogP contribution is 2.30.